The second kappa shape index (κ2) is 26.1. The predicted molar refractivity (Wildman–Crippen MR) is 407 cm³/mol. The number of hydrogen-bond acceptors (Lipinski definition) is 7. The molecule has 0 atom stereocenters. The van der Waals surface area contributed by atoms with Crippen molar-refractivity contribution in [3.63, 3.8) is 0 Å². The van der Waals surface area contributed by atoms with Crippen LogP contribution in [-0.2, 0) is 0 Å². The highest BCUT2D eigenvalue weighted by atomic mass is 127. The number of hydrogen-bond donors (Lipinski definition) is 2. The van der Waals surface area contributed by atoms with Crippen molar-refractivity contribution in [2.24, 2.45) is 10.2 Å². The number of rotatable bonds is 10. The highest BCUT2D eigenvalue weighted by Crippen LogP contribution is 2.41. The number of nitrogens with zero attached hydrogens (tertiary/aromatic N) is 8. The molecule has 1 aliphatic rings. The average Bonchev–Trinajstić information content (AvgIpc) is 1.70. The summed E-state index contributed by atoms with van der Waals surface area (Å²) in [5, 5.41) is 43.5. The van der Waals surface area contributed by atoms with Gasteiger partial charge in [-0.05, 0) is 191 Å². The van der Waals surface area contributed by atoms with E-state index in [4.69, 9.17) is 10.0 Å². The maximum absolute atomic E-state index is 8.87. The Morgan fingerprint density at radius 1 is 0.323 bits per heavy atom. The summed E-state index contributed by atoms with van der Waals surface area (Å²) < 4.78 is 7.74. The zero-order valence-electron chi connectivity index (χ0n) is 52.0. The summed E-state index contributed by atoms with van der Waals surface area (Å²) in [5.74, 6) is 0. The van der Waals surface area contributed by atoms with Gasteiger partial charge in [0.15, 0.2) is 0 Å². The van der Waals surface area contributed by atoms with Crippen molar-refractivity contribution in [2.75, 3.05) is 18.2 Å². The predicted octanol–water partition coefficient (Wildman–Crippen LogP) is 20.2. The zero-order valence-corrected chi connectivity index (χ0v) is 54.2. The van der Waals surface area contributed by atoms with Gasteiger partial charge >= 0.3 is 7.12 Å². The molecule has 0 radical (unpaired) electrons. The lowest BCUT2D eigenvalue weighted by molar-refractivity contribution is 0.426. The first-order valence-electron chi connectivity index (χ1n) is 31.9. The van der Waals surface area contributed by atoms with E-state index in [0.29, 0.717) is 18.8 Å². The number of benzene rings is 14. The molecule has 12 heteroatoms. The van der Waals surface area contributed by atoms with E-state index >= 15 is 0 Å². The largest absolute Gasteiger partial charge is 0.488 e. The summed E-state index contributed by atoms with van der Waals surface area (Å²) in [6, 6.07) is 112. The summed E-state index contributed by atoms with van der Waals surface area (Å²) in [7, 11) is -1.43. The van der Waals surface area contributed by atoms with Crippen LogP contribution in [0.5, 0.6) is 0 Å². The second-order valence-electron chi connectivity index (χ2n) is 23.8. The molecule has 10 nitrogen and oxygen atoms in total. The second-order valence-corrected chi connectivity index (χ2v) is 25.0. The van der Waals surface area contributed by atoms with Gasteiger partial charge in [0.25, 0.3) is 0 Å². The van der Waals surface area contributed by atoms with Gasteiger partial charge in [-0.1, -0.05) is 224 Å². The van der Waals surface area contributed by atoms with E-state index in [9.17, 15) is 0 Å². The Hall–Kier alpha value is -11.5. The minimum Gasteiger partial charge on any atom is -0.423 e. The molecule has 4 heterocycles. The molecule has 17 aromatic rings. The van der Waals surface area contributed by atoms with Crippen LogP contribution >= 0.6 is 22.6 Å². The van der Waals surface area contributed by atoms with E-state index in [1.807, 2.05) is 0 Å². The minimum atomic E-state index is -1.43. The van der Waals surface area contributed by atoms with Crippen LogP contribution in [0.25, 0.3) is 138 Å². The molecule has 0 amide bonds. The molecule has 460 valence electrons. The molecule has 0 spiro atoms. The first kappa shape index (κ1) is 59.5. The fraction of sp³-hybridized carbons (Fsp3) is 0.0238. The van der Waals surface area contributed by atoms with Crippen molar-refractivity contribution in [1.82, 2.24) is 23.9 Å². The molecular weight excluding hydrogens is 1290 g/mol. The first-order valence-corrected chi connectivity index (χ1v) is 33.0. The van der Waals surface area contributed by atoms with Crippen LogP contribution in [0.4, 0.5) is 5.69 Å². The van der Waals surface area contributed by atoms with E-state index in [1.54, 1.807) is 41.5 Å². The lowest BCUT2D eigenvalue weighted by Crippen LogP contribution is -2.29. The number of para-hydroxylation sites is 4. The normalized spacial score (nSPS) is 12.0. The molecule has 14 aromatic carbocycles. The summed E-state index contributed by atoms with van der Waals surface area (Å²) in [4.78, 5) is 2.17. The summed E-state index contributed by atoms with van der Waals surface area (Å²) >= 11 is 2.45. The van der Waals surface area contributed by atoms with Crippen LogP contribution in [-0.4, -0.2) is 54.4 Å². The summed E-state index contributed by atoms with van der Waals surface area (Å²) in [5.41, 5.74) is 22.0. The molecule has 18 rings (SSSR count). The van der Waals surface area contributed by atoms with Gasteiger partial charge in [0.1, 0.15) is 26.0 Å². The van der Waals surface area contributed by atoms with Crippen molar-refractivity contribution in [3.8, 4) is 72.7 Å². The smallest absolute Gasteiger partial charge is 0.423 e. The van der Waals surface area contributed by atoms with Gasteiger partial charge in [-0.15, -0.1) is 10.2 Å². The third-order valence-corrected chi connectivity index (χ3v) is 19.1. The fourth-order valence-corrected chi connectivity index (χ4v) is 14.3. The van der Waals surface area contributed by atoms with E-state index in [1.165, 1.54) is 136 Å². The molecule has 0 aliphatic carbocycles. The lowest BCUT2D eigenvalue weighted by Gasteiger charge is -2.16. The van der Waals surface area contributed by atoms with Gasteiger partial charge < -0.3 is 24.1 Å². The molecular formula is C84H62BIN8O2. The summed E-state index contributed by atoms with van der Waals surface area (Å²) in [6.45, 7) is 1.25. The van der Waals surface area contributed by atoms with Crippen LogP contribution in [0, 0.1) is 3.57 Å². The highest BCUT2D eigenvalue weighted by molar-refractivity contribution is 14.1. The SMILES string of the molecule is Ic1cccc2cccc(-c3ccc(-c4ccc5c(c4)c4ccccc4n5-c4ccccc4)cc3)c12.OB(O)c1ccc(-n2cnnc2)cc1.[2HH].c1ccc(-n2c3ccccc3c3cc(-c4ccc(-c5cccc6cccc(-c7ccc(N8CN=NC8)cc7)c56)cc4)ccc32)cc1. The number of halogens is 1. The lowest BCUT2D eigenvalue weighted by atomic mass is 9.80. The molecule has 2 N–H and O–H groups in total. The van der Waals surface area contributed by atoms with Crippen LogP contribution in [0.15, 0.2) is 338 Å². The molecule has 0 unspecified atom stereocenters. The molecule has 1 aliphatic heterocycles. The maximum Gasteiger partial charge on any atom is 0.488 e. The third kappa shape index (κ3) is 11.5. The third-order valence-electron chi connectivity index (χ3n) is 18.2. The van der Waals surface area contributed by atoms with Gasteiger partial charge in [-0.3, -0.25) is 4.57 Å². The van der Waals surface area contributed by atoms with E-state index in [0.717, 1.165) is 11.4 Å². The number of fused-ring (bicyclic) bond motifs is 8. The summed E-state index contributed by atoms with van der Waals surface area (Å²) in [6.07, 6.45) is 3.15. The number of azo groups is 1. The Morgan fingerprint density at radius 2 is 0.708 bits per heavy atom. The van der Waals surface area contributed by atoms with E-state index in [2.05, 4.69) is 348 Å². The monoisotopic (exact) mass is 1350 g/mol. The highest BCUT2D eigenvalue weighted by Gasteiger charge is 2.18. The number of anilines is 1. The first-order chi connectivity index (χ1) is 47.4. The molecule has 0 saturated carbocycles. The minimum absolute atomic E-state index is 0. The molecule has 0 saturated heterocycles. The Labute approximate surface area is 570 Å². The average molecular weight is 1350 g/mol. The Balaban J connectivity index is 0.000000134. The van der Waals surface area contributed by atoms with Crippen LogP contribution < -0.4 is 10.4 Å². The molecule has 3 aromatic heterocycles. The van der Waals surface area contributed by atoms with Crippen molar-refractivity contribution >= 4 is 106 Å². The van der Waals surface area contributed by atoms with Gasteiger partial charge in [0, 0.05) is 54.7 Å². The van der Waals surface area contributed by atoms with Crippen LogP contribution in [0.2, 0.25) is 0 Å². The van der Waals surface area contributed by atoms with Crippen LogP contribution in [0.1, 0.15) is 1.43 Å². The van der Waals surface area contributed by atoms with Crippen molar-refractivity contribution < 1.29 is 11.5 Å². The standard InChI is InChI=1S/C42H30N4.C34H22IN.C8H8BN3O2.H2/c1-2-10-35(11-3-1)46-40-15-5-4-12-38(40)39-26-33(22-25-41(39)46)29-16-18-30(19-17-29)36-13-6-8-32-9-7-14-37(42(32)36)31-20-23-34(24-21-31)45-27-43-44-28-45;35-31-14-7-9-25-8-6-13-28(34(25)31)24-18-16-23(17-19-24)26-20-21-33-30(22-26)29-12-4-5-15-32(29)36(33)27-10-2-1-3-11-27;13-9(14)7-1-3-8(4-2-7)12-5-10-11-6-12;/h1-26H,27-28H2;1-22H;1-6,13-14H;1H/i;;;1+1. The molecule has 96 heavy (non-hydrogen) atoms. The van der Waals surface area contributed by atoms with Gasteiger partial charge in [0.05, 0.1) is 22.1 Å². The fourth-order valence-electron chi connectivity index (χ4n) is 13.5. The van der Waals surface area contributed by atoms with Gasteiger partial charge in [-0.25, -0.2) is 0 Å². The van der Waals surface area contributed by atoms with Gasteiger partial charge in [0.2, 0.25) is 0 Å². The Kier molecular flexibility index (Phi) is 16.2. The Morgan fingerprint density at radius 3 is 1.19 bits per heavy atom. The molecule has 0 bridgehead atoms. The zero-order chi connectivity index (χ0) is 64.5. The van der Waals surface area contributed by atoms with Crippen molar-refractivity contribution in [3.05, 3.63) is 332 Å². The topological polar surface area (TPSA) is 109 Å². The van der Waals surface area contributed by atoms with E-state index < -0.39 is 7.12 Å². The van der Waals surface area contributed by atoms with Crippen molar-refractivity contribution in [2.45, 2.75) is 0 Å². The maximum atomic E-state index is 8.87. The Bertz CT molecular complexity index is 5670. The van der Waals surface area contributed by atoms with Crippen molar-refractivity contribution in [1.29, 1.82) is 0 Å². The van der Waals surface area contributed by atoms with Gasteiger partial charge in [-0.2, -0.15) is 10.2 Å². The quantitative estimate of drug-likeness (QED) is 0.105. The van der Waals surface area contributed by atoms with Crippen LogP contribution in [0.3, 0.4) is 0 Å². The molecule has 0 fully saturated rings. The van der Waals surface area contributed by atoms with E-state index in [-0.39, 0.29) is 1.43 Å². The number of aromatic nitrogens is 5.